The lowest BCUT2D eigenvalue weighted by atomic mass is 10.4. The van der Waals surface area contributed by atoms with Crippen LogP contribution in [-0.2, 0) is 0 Å². The van der Waals surface area contributed by atoms with Crippen LogP contribution in [0.3, 0.4) is 0 Å². The number of hydrogen-bond acceptors (Lipinski definition) is 3. The maximum Gasteiger partial charge on any atom is 0.255 e. The second-order valence-electron chi connectivity index (χ2n) is 3.36. The molecule has 0 bridgehead atoms. The Morgan fingerprint density at radius 1 is 1.29 bits per heavy atom. The zero-order chi connectivity index (χ0) is 9.71. The van der Waals surface area contributed by atoms with Crippen LogP contribution in [0.2, 0.25) is 10.3 Å². The Kier molecular flexibility index (Phi) is 1.69. The molecule has 0 radical (unpaired) electrons. The van der Waals surface area contributed by atoms with E-state index in [-0.39, 0.29) is 0 Å². The lowest BCUT2D eigenvalue weighted by molar-refractivity contribution is 0.873. The van der Waals surface area contributed by atoms with E-state index in [0.717, 1.165) is 18.7 Å². The molecular formula is C8H6Cl2N4. The van der Waals surface area contributed by atoms with Crippen molar-refractivity contribution in [3.05, 3.63) is 22.2 Å². The quantitative estimate of drug-likeness (QED) is 0.704. The van der Waals surface area contributed by atoms with Gasteiger partial charge in [0.05, 0.1) is 0 Å². The highest BCUT2D eigenvalue weighted by molar-refractivity contribution is 6.33. The first kappa shape index (κ1) is 8.44. The minimum atomic E-state index is 0.345. The first-order valence-electron chi connectivity index (χ1n) is 4.33. The van der Waals surface area contributed by atoms with E-state index in [1.54, 1.807) is 6.07 Å². The van der Waals surface area contributed by atoms with Crippen LogP contribution < -0.4 is 0 Å². The second kappa shape index (κ2) is 2.81. The molecule has 0 unspecified atom stereocenters. The van der Waals surface area contributed by atoms with E-state index in [9.17, 15) is 0 Å². The molecule has 14 heavy (non-hydrogen) atoms. The van der Waals surface area contributed by atoms with Gasteiger partial charge in [-0.1, -0.05) is 23.2 Å². The van der Waals surface area contributed by atoms with Crippen molar-refractivity contribution in [2.75, 3.05) is 0 Å². The molecule has 4 nitrogen and oxygen atoms in total. The summed E-state index contributed by atoms with van der Waals surface area (Å²) in [6.45, 7) is 0. The maximum atomic E-state index is 5.94. The van der Waals surface area contributed by atoms with Gasteiger partial charge in [0.25, 0.3) is 5.78 Å². The molecule has 2 aromatic rings. The van der Waals surface area contributed by atoms with E-state index in [0.29, 0.717) is 22.0 Å². The summed E-state index contributed by atoms with van der Waals surface area (Å²) in [5.41, 5.74) is 0. The molecule has 1 aliphatic rings. The third-order valence-electron chi connectivity index (χ3n) is 2.20. The summed E-state index contributed by atoms with van der Waals surface area (Å²) < 4.78 is 1.51. The van der Waals surface area contributed by atoms with Crippen LogP contribution in [0.15, 0.2) is 6.07 Å². The van der Waals surface area contributed by atoms with Crippen molar-refractivity contribution in [2.24, 2.45) is 0 Å². The molecule has 1 saturated carbocycles. The zero-order valence-corrected chi connectivity index (χ0v) is 8.63. The molecule has 0 N–H and O–H groups in total. The van der Waals surface area contributed by atoms with Crippen LogP contribution in [0, 0.1) is 0 Å². The van der Waals surface area contributed by atoms with Gasteiger partial charge in [-0.25, -0.2) is 0 Å². The van der Waals surface area contributed by atoms with E-state index in [1.807, 2.05) is 0 Å². The van der Waals surface area contributed by atoms with Gasteiger partial charge >= 0.3 is 0 Å². The summed E-state index contributed by atoms with van der Waals surface area (Å²) in [6.07, 6.45) is 2.31. The average molecular weight is 229 g/mol. The van der Waals surface area contributed by atoms with Crippen LogP contribution in [0.4, 0.5) is 0 Å². The molecule has 1 aliphatic carbocycles. The third kappa shape index (κ3) is 1.26. The molecule has 0 atom stereocenters. The van der Waals surface area contributed by atoms with Gasteiger partial charge in [0.1, 0.15) is 10.3 Å². The van der Waals surface area contributed by atoms with Crippen molar-refractivity contribution < 1.29 is 0 Å². The SMILES string of the molecule is Clc1cc(Cl)n2nc(C3CC3)nc2n1. The minimum absolute atomic E-state index is 0.345. The number of halogens is 2. The van der Waals surface area contributed by atoms with Crippen LogP contribution in [0.5, 0.6) is 0 Å². The highest BCUT2D eigenvalue weighted by Crippen LogP contribution is 2.38. The molecule has 0 saturated heterocycles. The predicted octanol–water partition coefficient (Wildman–Crippen LogP) is 2.31. The van der Waals surface area contributed by atoms with Gasteiger partial charge < -0.3 is 0 Å². The molecule has 0 aromatic carbocycles. The van der Waals surface area contributed by atoms with E-state index in [2.05, 4.69) is 15.1 Å². The van der Waals surface area contributed by atoms with Crippen molar-refractivity contribution in [3.63, 3.8) is 0 Å². The van der Waals surface area contributed by atoms with Gasteiger partial charge in [0.2, 0.25) is 0 Å². The van der Waals surface area contributed by atoms with Gasteiger partial charge in [0.15, 0.2) is 5.82 Å². The number of hydrogen-bond donors (Lipinski definition) is 0. The Labute approximate surface area is 89.9 Å². The summed E-state index contributed by atoms with van der Waals surface area (Å²) >= 11 is 11.7. The predicted molar refractivity (Wildman–Crippen MR) is 52.8 cm³/mol. The molecule has 0 aliphatic heterocycles. The van der Waals surface area contributed by atoms with Crippen molar-refractivity contribution in [2.45, 2.75) is 18.8 Å². The molecule has 2 heterocycles. The van der Waals surface area contributed by atoms with Gasteiger partial charge in [0, 0.05) is 12.0 Å². The molecule has 6 heteroatoms. The minimum Gasteiger partial charge on any atom is -0.199 e. The van der Waals surface area contributed by atoms with Crippen LogP contribution >= 0.6 is 23.2 Å². The summed E-state index contributed by atoms with van der Waals surface area (Å²) in [4.78, 5) is 8.31. The monoisotopic (exact) mass is 228 g/mol. The van der Waals surface area contributed by atoms with E-state index >= 15 is 0 Å². The lowest BCUT2D eigenvalue weighted by Crippen LogP contribution is -1.92. The number of aromatic nitrogens is 4. The number of rotatable bonds is 1. The van der Waals surface area contributed by atoms with Crippen LogP contribution in [-0.4, -0.2) is 19.6 Å². The molecular weight excluding hydrogens is 223 g/mol. The highest BCUT2D eigenvalue weighted by Gasteiger charge is 2.28. The molecule has 72 valence electrons. The maximum absolute atomic E-state index is 5.94. The summed E-state index contributed by atoms with van der Waals surface area (Å²) in [5.74, 6) is 1.79. The van der Waals surface area contributed by atoms with Crippen molar-refractivity contribution in [3.8, 4) is 0 Å². The van der Waals surface area contributed by atoms with Gasteiger partial charge in [-0.15, -0.1) is 5.10 Å². The second-order valence-corrected chi connectivity index (χ2v) is 4.13. The fourth-order valence-electron chi connectivity index (χ4n) is 1.34. The first-order valence-corrected chi connectivity index (χ1v) is 5.08. The van der Waals surface area contributed by atoms with Crippen molar-refractivity contribution >= 4 is 29.0 Å². The summed E-state index contributed by atoms with van der Waals surface area (Å²) in [5, 5.41) is 5.06. The molecule has 0 amide bonds. The Morgan fingerprint density at radius 2 is 2.07 bits per heavy atom. The lowest BCUT2D eigenvalue weighted by Gasteiger charge is -1.93. The highest BCUT2D eigenvalue weighted by atomic mass is 35.5. The smallest absolute Gasteiger partial charge is 0.199 e. The van der Waals surface area contributed by atoms with Gasteiger partial charge in [-0.05, 0) is 12.8 Å². The Bertz CT molecular complexity index is 503. The Morgan fingerprint density at radius 3 is 2.79 bits per heavy atom. The van der Waals surface area contributed by atoms with E-state index < -0.39 is 0 Å². The van der Waals surface area contributed by atoms with Crippen molar-refractivity contribution in [1.82, 2.24) is 19.6 Å². The number of nitrogens with zero attached hydrogens (tertiary/aromatic N) is 4. The van der Waals surface area contributed by atoms with Crippen molar-refractivity contribution in [1.29, 1.82) is 0 Å². The fraction of sp³-hybridized carbons (Fsp3) is 0.375. The normalized spacial score (nSPS) is 16.4. The standard InChI is InChI=1S/C8H6Cl2N4/c9-5-3-6(10)14-8(11-5)12-7(13-14)4-1-2-4/h3-4H,1-2H2. The summed E-state index contributed by atoms with van der Waals surface area (Å²) in [6, 6.07) is 1.56. The largest absolute Gasteiger partial charge is 0.255 e. The molecule has 2 aromatic heterocycles. The fourth-order valence-corrected chi connectivity index (χ4v) is 1.79. The Balaban J connectivity index is 2.26. The number of fused-ring (bicyclic) bond motifs is 1. The Hall–Kier alpha value is -0.870. The summed E-state index contributed by atoms with van der Waals surface area (Å²) in [7, 11) is 0. The van der Waals surface area contributed by atoms with E-state index in [1.165, 1.54) is 4.52 Å². The molecule has 3 rings (SSSR count). The van der Waals surface area contributed by atoms with E-state index in [4.69, 9.17) is 23.2 Å². The zero-order valence-electron chi connectivity index (χ0n) is 7.11. The third-order valence-corrected chi connectivity index (χ3v) is 2.66. The molecule has 1 fully saturated rings. The topological polar surface area (TPSA) is 43.1 Å². The van der Waals surface area contributed by atoms with Gasteiger partial charge in [-0.3, -0.25) is 0 Å². The first-order chi connectivity index (χ1) is 6.74. The average Bonchev–Trinajstić information content (AvgIpc) is 2.87. The van der Waals surface area contributed by atoms with Gasteiger partial charge in [-0.2, -0.15) is 14.5 Å². The molecule has 0 spiro atoms. The van der Waals surface area contributed by atoms with Crippen LogP contribution in [0.1, 0.15) is 24.6 Å². The van der Waals surface area contributed by atoms with Crippen LogP contribution in [0.25, 0.3) is 5.78 Å².